The number of nitrogens with one attached hydrogen (secondary N) is 1. The lowest BCUT2D eigenvalue weighted by Gasteiger charge is -2.12. The summed E-state index contributed by atoms with van der Waals surface area (Å²) in [7, 11) is 1.49. The summed E-state index contributed by atoms with van der Waals surface area (Å²) < 4.78 is 10.5. The maximum absolute atomic E-state index is 10.9. The summed E-state index contributed by atoms with van der Waals surface area (Å²) in [4.78, 5) is 10.9. The Balaban J connectivity index is 0.00000191. The number of carbonyl (C=O) groups is 1. The van der Waals surface area contributed by atoms with Gasteiger partial charge in [-0.1, -0.05) is 13.8 Å². The number of nitrogens with two attached hydrogens (primary N) is 2. The van der Waals surface area contributed by atoms with Gasteiger partial charge in [0.1, 0.15) is 0 Å². The van der Waals surface area contributed by atoms with Gasteiger partial charge < -0.3 is 25.7 Å². The number of aliphatic carboxylic acids is 1. The molecule has 0 aliphatic heterocycles. The molecule has 1 rings (SSSR count). The molecule has 118 valence electrons. The molecular weight excluding hydrogens is 274 g/mol. The quantitative estimate of drug-likeness (QED) is 0.355. The van der Waals surface area contributed by atoms with Crippen LogP contribution in [0.5, 0.6) is 11.5 Å². The molecule has 0 bridgehead atoms. The Morgan fingerprint density at radius 3 is 2.38 bits per heavy atom. The van der Waals surface area contributed by atoms with Crippen molar-refractivity contribution < 1.29 is 19.4 Å². The molecular formula is C14H23N3O4. The number of rotatable bonds is 6. The number of carboxylic acid groups (broad SMARTS) is 1. The van der Waals surface area contributed by atoms with Crippen LogP contribution in [0.4, 0.5) is 0 Å². The van der Waals surface area contributed by atoms with Crippen LogP contribution in [-0.2, 0) is 4.79 Å². The third-order valence-corrected chi connectivity index (χ3v) is 2.40. The number of carboxylic acids is 1. The van der Waals surface area contributed by atoms with Crippen molar-refractivity contribution in [1.29, 1.82) is 0 Å². The number of hydrazine groups is 1. The lowest BCUT2D eigenvalue weighted by molar-refractivity contribution is -0.133. The molecule has 0 aromatic heterocycles. The van der Waals surface area contributed by atoms with E-state index >= 15 is 0 Å². The van der Waals surface area contributed by atoms with Gasteiger partial charge in [0.2, 0.25) is 0 Å². The minimum Gasteiger partial charge on any atom is -0.493 e. The molecule has 0 aliphatic rings. The fourth-order valence-corrected chi connectivity index (χ4v) is 1.51. The molecule has 7 heteroatoms. The first kappa shape index (κ1) is 18.6. The maximum atomic E-state index is 10.9. The normalized spacial score (nSPS) is 10.7. The molecule has 0 fully saturated rings. The molecule has 0 spiro atoms. The van der Waals surface area contributed by atoms with Crippen molar-refractivity contribution in [3.63, 3.8) is 0 Å². The largest absolute Gasteiger partial charge is 0.493 e. The highest BCUT2D eigenvalue weighted by Crippen LogP contribution is 2.30. The summed E-state index contributed by atoms with van der Waals surface area (Å²) in [5.74, 6) is 4.91. The standard InChI is InChI=1S/C12H17N3O4.C2H6/c1-3-19-8-5-4-7(6-9(8)18-2)10(13)11(15-14)12(16)17;1-2/h4-6,15H,3,13-14H2,1-2H3,(H,16,17);1-2H3/b11-10-;. The monoisotopic (exact) mass is 297 g/mol. The second-order valence-corrected chi connectivity index (χ2v) is 3.54. The van der Waals surface area contributed by atoms with E-state index in [1.165, 1.54) is 7.11 Å². The predicted octanol–water partition coefficient (Wildman–Crippen LogP) is 1.30. The average molecular weight is 297 g/mol. The highest BCUT2D eigenvalue weighted by molar-refractivity contribution is 5.95. The molecule has 0 atom stereocenters. The van der Waals surface area contributed by atoms with Crippen molar-refractivity contribution in [2.24, 2.45) is 11.6 Å². The molecule has 0 aliphatic carbocycles. The zero-order chi connectivity index (χ0) is 16.4. The summed E-state index contributed by atoms with van der Waals surface area (Å²) in [5.41, 5.74) is 8.01. The second kappa shape index (κ2) is 9.49. The fraction of sp³-hybridized carbons (Fsp3) is 0.357. The number of methoxy groups -OCH3 is 1. The minimum atomic E-state index is -1.24. The Hall–Kier alpha value is -2.41. The first-order chi connectivity index (χ1) is 10.0. The van der Waals surface area contributed by atoms with Gasteiger partial charge in [0.15, 0.2) is 17.2 Å². The molecule has 0 saturated carbocycles. The van der Waals surface area contributed by atoms with Crippen molar-refractivity contribution in [2.75, 3.05) is 13.7 Å². The van der Waals surface area contributed by atoms with Gasteiger partial charge in [0.25, 0.3) is 0 Å². The molecule has 7 nitrogen and oxygen atoms in total. The fourth-order valence-electron chi connectivity index (χ4n) is 1.51. The van der Waals surface area contributed by atoms with Crippen LogP contribution < -0.4 is 26.5 Å². The van der Waals surface area contributed by atoms with Crippen molar-refractivity contribution in [1.82, 2.24) is 5.43 Å². The number of hydrogen-bond donors (Lipinski definition) is 4. The molecule has 1 aromatic rings. The van der Waals surface area contributed by atoms with Crippen LogP contribution in [0, 0.1) is 0 Å². The summed E-state index contributed by atoms with van der Waals surface area (Å²) in [6.07, 6.45) is 0. The van der Waals surface area contributed by atoms with Gasteiger partial charge in [-0.15, -0.1) is 0 Å². The predicted molar refractivity (Wildman–Crippen MR) is 81.6 cm³/mol. The molecule has 0 radical (unpaired) electrons. The van der Waals surface area contributed by atoms with E-state index in [0.717, 1.165) is 0 Å². The Labute approximate surface area is 124 Å². The molecule has 6 N–H and O–H groups in total. The second-order valence-electron chi connectivity index (χ2n) is 3.54. The van der Waals surface area contributed by atoms with Crippen molar-refractivity contribution >= 4 is 11.7 Å². The number of ether oxygens (including phenoxy) is 2. The summed E-state index contributed by atoms with van der Waals surface area (Å²) in [6.45, 7) is 6.34. The van der Waals surface area contributed by atoms with Gasteiger partial charge in [0.05, 0.1) is 19.4 Å². The van der Waals surface area contributed by atoms with E-state index in [1.54, 1.807) is 18.2 Å². The van der Waals surface area contributed by atoms with E-state index in [0.29, 0.717) is 23.7 Å². The van der Waals surface area contributed by atoms with Crippen molar-refractivity contribution in [2.45, 2.75) is 20.8 Å². The first-order valence-corrected chi connectivity index (χ1v) is 6.56. The summed E-state index contributed by atoms with van der Waals surface area (Å²) >= 11 is 0. The van der Waals surface area contributed by atoms with Crippen LogP contribution >= 0.6 is 0 Å². The lowest BCUT2D eigenvalue weighted by atomic mass is 10.1. The van der Waals surface area contributed by atoms with Crippen LogP contribution in [-0.4, -0.2) is 24.8 Å². The van der Waals surface area contributed by atoms with E-state index in [9.17, 15) is 4.79 Å². The van der Waals surface area contributed by atoms with Gasteiger partial charge in [-0.3, -0.25) is 5.84 Å². The summed E-state index contributed by atoms with van der Waals surface area (Å²) in [6, 6.07) is 4.87. The Kier molecular flexibility index (Phi) is 8.40. The van der Waals surface area contributed by atoms with Crippen LogP contribution in [0.3, 0.4) is 0 Å². The highest BCUT2D eigenvalue weighted by atomic mass is 16.5. The first-order valence-electron chi connectivity index (χ1n) is 6.56. The maximum Gasteiger partial charge on any atom is 0.355 e. The Morgan fingerprint density at radius 1 is 1.33 bits per heavy atom. The third-order valence-electron chi connectivity index (χ3n) is 2.40. The van der Waals surface area contributed by atoms with E-state index < -0.39 is 5.97 Å². The molecule has 21 heavy (non-hydrogen) atoms. The third kappa shape index (κ3) is 4.88. The van der Waals surface area contributed by atoms with Crippen LogP contribution in [0.15, 0.2) is 23.9 Å². The van der Waals surface area contributed by atoms with Crippen LogP contribution in [0.2, 0.25) is 0 Å². The van der Waals surface area contributed by atoms with Crippen molar-refractivity contribution in [3.8, 4) is 11.5 Å². The molecule has 0 saturated heterocycles. The van der Waals surface area contributed by atoms with Gasteiger partial charge in [0, 0.05) is 5.56 Å². The van der Waals surface area contributed by atoms with Crippen LogP contribution in [0.25, 0.3) is 5.70 Å². The highest BCUT2D eigenvalue weighted by Gasteiger charge is 2.14. The zero-order valence-electron chi connectivity index (χ0n) is 12.8. The van der Waals surface area contributed by atoms with Gasteiger partial charge in [-0.25, -0.2) is 4.79 Å². The number of hydrogen-bond acceptors (Lipinski definition) is 6. The minimum absolute atomic E-state index is 0.0105. The smallest absolute Gasteiger partial charge is 0.355 e. The number of benzene rings is 1. The summed E-state index contributed by atoms with van der Waals surface area (Å²) in [5, 5.41) is 8.93. The average Bonchev–Trinajstić information content (AvgIpc) is 2.50. The molecule has 0 amide bonds. The lowest BCUT2D eigenvalue weighted by Crippen LogP contribution is -2.29. The molecule has 0 unspecified atom stereocenters. The van der Waals surface area contributed by atoms with E-state index in [-0.39, 0.29) is 11.4 Å². The van der Waals surface area contributed by atoms with E-state index in [4.69, 9.17) is 26.2 Å². The van der Waals surface area contributed by atoms with E-state index in [2.05, 4.69) is 5.43 Å². The van der Waals surface area contributed by atoms with Gasteiger partial charge in [-0.2, -0.15) is 0 Å². The van der Waals surface area contributed by atoms with E-state index in [1.807, 2.05) is 20.8 Å². The van der Waals surface area contributed by atoms with Crippen molar-refractivity contribution in [3.05, 3.63) is 29.5 Å². The van der Waals surface area contributed by atoms with Gasteiger partial charge in [-0.05, 0) is 25.1 Å². The Morgan fingerprint density at radius 2 is 1.95 bits per heavy atom. The SMILES string of the molecule is CC.CCOc1ccc(/C(N)=C(/NN)C(=O)O)cc1OC. The van der Waals surface area contributed by atoms with Crippen LogP contribution in [0.1, 0.15) is 26.3 Å². The zero-order valence-corrected chi connectivity index (χ0v) is 12.8. The van der Waals surface area contributed by atoms with Gasteiger partial charge >= 0.3 is 5.97 Å². The topological polar surface area (TPSA) is 120 Å². The molecule has 1 aromatic carbocycles. The Bertz CT molecular complexity index is 501. The molecule has 0 heterocycles.